The van der Waals surface area contributed by atoms with Crippen molar-refractivity contribution >= 4 is 38.9 Å². The van der Waals surface area contributed by atoms with E-state index in [2.05, 4.69) is 83.4 Å². The molecule has 6 N–H and O–H groups in total. The van der Waals surface area contributed by atoms with Crippen LogP contribution in [-0.4, -0.2) is 4.57 Å². The Morgan fingerprint density at radius 3 is 1.91 bits per heavy atom. The summed E-state index contributed by atoms with van der Waals surface area (Å²) in [7, 11) is 0. The van der Waals surface area contributed by atoms with Gasteiger partial charge in [-0.15, -0.1) is 0 Å². The number of nitrogen functional groups attached to an aromatic ring is 3. The topological polar surface area (TPSA) is 83.0 Å². The summed E-state index contributed by atoms with van der Waals surface area (Å²) in [6, 6.07) is 37.2. The predicted molar refractivity (Wildman–Crippen MR) is 145 cm³/mol. The van der Waals surface area contributed by atoms with Gasteiger partial charge in [0.05, 0.1) is 11.0 Å². The predicted octanol–water partition coefficient (Wildman–Crippen LogP) is 6.86. The molecule has 0 radical (unpaired) electrons. The van der Waals surface area contributed by atoms with E-state index in [9.17, 15) is 0 Å². The van der Waals surface area contributed by atoms with Crippen LogP contribution in [0.5, 0.6) is 0 Å². The number of benzene rings is 5. The van der Waals surface area contributed by atoms with Crippen molar-refractivity contribution in [1.29, 1.82) is 0 Å². The van der Waals surface area contributed by atoms with Crippen molar-refractivity contribution in [2.45, 2.75) is 0 Å². The van der Waals surface area contributed by atoms with Gasteiger partial charge in [0.15, 0.2) is 0 Å². The van der Waals surface area contributed by atoms with E-state index in [0.29, 0.717) is 11.4 Å². The summed E-state index contributed by atoms with van der Waals surface area (Å²) in [4.78, 5) is 0. The first-order valence-corrected chi connectivity index (χ1v) is 11.2. The van der Waals surface area contributed by atoms with Crippen LogP contribution in [0.2, 0.25) is 0 Å². The quantitative estimate of drug-likeness (QED) is 0.263. The third-order valence-electron chi connectivity index (χ3n) is 6.43. The third-order valence-corrected chi connectivity index (χ3v) is 6.43. The summed E-state index contributed by atoms with van der Waals surface area (Å²) in [6.45, 7) is 0. The molecule has 1 heterocycles. The molecule has 4 nitrogen and oxygen atoms in total. The highest BCUT2D eigenvalue weighted by Crippen LogP contribution is 2.36. The van der Waals surface area contributed by atoms with Crippen LogP contribution in [0.15, 0.2) is 109 Å². The Kier molecular flexibility index (Phi) is 4.52. The average Bonchev–Trinajstić information content (AvgIpc) is 3.20. The van der Waals surface area contributed by atoms with E-state index in [4.69, 9.17) is 17.2 Å². The molecule has 164 valence electrons. The number of nitrogens with zero attached hydrogens (tertiary/aromatic N) is 1. The Hall–Kier alpha value is -4.70. The highest BCUT2D eigenvalue weighted by molar-refractivity contribution is 6.10. The molecule has 0 unspecified atom stereocenters. The van der Waals surface area contributed by atoms with E-state index >= 15 is 0 Å². The standard InChI is InChI=1S/C30H24N4/c31-22-10-5-19(6-11-22)21-9-16-30-27(17-21)25-3-1-2-4-29(25)34(30)24-13-7-20(8-14-24)26-18-23(32)12-15-28(26)33/h1-18H,31-33H2. The number of anilines is 3. The fourth-order valence-corrected chi connectivity index (χ4v) is 4.72. The van der Waals surface area contributed by atoms with Crippen LogP contribution in [0.25, 0.3) is 49.7 Å². The maximum Gasteiger partial charge on any atom is 0.0541 e. The van der Waals surface area contributed by atoms with Crippen LogP contribution in [0.3, 0.4) is 0 Å². The smallest absolute Gasteiger partial charge is 0.0541 e. The van der Waals surface area contributed by atoms with Crippen LogP contribution in [0.1, 0.15) is 0 Å². The van der Waals surface area contributed by atoms with E-state index in [1.165, 1.54) is 21.9 Å². The Labute approximate surface area is 197 Å². The van der Waals surface area contributed by atoms with Gasteiger partial charge in [-0.1, -0.05) is 48.5 Å². The first kappa shape index (κ1) is 19.9. The van der Waals surface area contributed by atoms with Gasteiger partial charge in [-0.3, -0.25) is 0 Å². The van der Waals surface area contributed by atoms with Gasteiger partial charge < -0.3 is 21.8 Å². The number of fused-ring (bicyclic) bond motifs is 3. The molecule has 34 heavy (non-hydrogen) atoms. The molecular formula is C30H24N4. The molecule has 0 amide bonds. The second-order valence-electron chi connectivity index (χ2n) is 8.60. The Morgan fingerprint density at radius 2 is 1.12 bits per heavy atom. The summed E-state index contributed by atoms with van der Waals surface area (Å²) in [5.74, 6) is 0. The molecule has 0 fully saturated rings. The van der Waals surface area contributed by atoms with E-state index in [1.807, 2.05) is 30.3 Å². The fourth-order valence-electron chi connectivity index (χ4n) is 4.72. The van der Waals surface area contributed by atoms with Gasteiger partial charge in [0.2, 0.25) is 0 Å². The Balaban J connectivity index is 1.51. The Bertz CT molecular complexity index is 1660. The summed E-state index contributed by atoms with van der Waals surface area (Å²) in [5, 5.41) is 2.44. The molecule has 6 rings (SSSR count). The monoisotopic (exact) mass is 440 g/mol. The van der Waals surface area contributed by atoms with E-state index in [-0.39, 0.29) is 0 Å². The van der Waals surface area contributed by atoms with Gasteiger partial charge in [-0.25, -0.2) is 0 Å². The second kappa shape index (κ2) is 7.71. The van der Waals surface area contributed by atoms with Crippen molar-refractivity contribution in [3.8, 4) is 27.9 Å². The molecule has 1 aromatic heterocycles. The maximum atomic E-state index is 6.21. The number of aromatic nitrogens is 1. The second-order valence-corrected chi connectivity index (χ2v) is 8.60. The average molecular weight is 441 g/mol. The minimum Gasteiger partial charge on any atom is -0.399 e. The van der Waals surface area contributed by atoms with Gasteiger partial charge in [-0.05, 0) is 77.4 Å². The summed E-state index contributed by atoms with van der Waals surface area (Å²) in [6.07, 6.45) is 0. The van der Waals surface area contributed by atoms with Crippen LogP contribution in [0.4, 0.5) is 17.1 Å². The zero-order valence-electron chi connectivity index (χ0n) is 18.6. The zero-order chi connectivity index (χ0) is 23.2. The molecule has 0 atom stereocenters. The van der Waals surface area contributed by atoms with Crippen LogP contribution in [-0.2, 0) is 0 Å². The minimum atomic E-state index is 0.701. The van der Waals surface area contributed by atoms with Gasteiger partial charge in [-0.2, -0.15) is 0 Å². The van der Waals surface area contributed by atoms with Crippen LogP contribution in [0, 0.1) is 0 Å². The molecule has 4 heteroatoms. The lowest BCUT2D eigenvalue weighted by atomic mass is 10.0. The first-order valence-electron chi connectivity index (χ1n) is 11.2. The van der Waals surface area contributed by atoms with Crippen LogP contribution < -0.4 is 17.2 Å². The molecule has 0 bridgehead atoms. The molecule has 0 aliphatic heterocycles. The first-order chi connectivity index (χ1) is 16.6. The molecule has 0 spiro atoms. The van der Waals surface area contributed by atoms with Crippen molar-refractivity contribution < 1.29 is 0 Å². The van der Waals surface area contributed by atoms with E-state index in [0.717, 1.165) is 33.6 Å². The number of hydrogen-bond acceptors (Lipinski definition) is 3. The molecule has 0 aliphatic rings. The van der Waals surface area contributed by atoms with Crippen molar-refractivity contribution in [2.24, 2.45) is 0 Å². The lowest BCUT2D eigenvalue weighted by molar-refractivity contribution is 1.18. The largest absolute Gasteiger partial charge is 0.399 e. The molecule has 0 saturated carbocycles. The molecule has 5 aromatic carbocycles. The van der Waals surface area contributed by atoms with Gasteiger partial charge in [0.1, 0.15) is 0 Å². The maximum absolute atomic E-state index is 6.21. The van der Waals surface area contributed by atoms with Gasteiger partial charge in [0, 0.05) is 39.1 Å². The molecule has 0 saturated heterocycles. The summed E-state index contributed by atoms with van der Waals surface area (Å²) >= 11 is 0. The summed E-state index contributed by atoms with van der Waals surface area (Å²) in [5.41, 5.74) is 28.0. The Morgan fingerprint density at radius 1 is 0.471 bits per heavy atom. The number of hydrogen-bond donors (Lipinski definition) is 3. The number of rotatable bonds is 3. The number of para-hydroxylation sites is 1. The molecule has 6 aromatic rings. The SMILES string of the molecule is Nc1ccc(-c2ccc3c(c2)c2ccccc2n3-c2ccc(-c3cc(N)ccc3N)cc2)cc1. The zero-order valence-corrected chi connectivity index (χ0v) is 18.6. The summed E-state index contributed by atoms with van der Waals surface area (Å²) < 4.78 is 2.31. The highest BCUT2D eigenvalue weighted by atomic mass is 15.0. The van der Waals surface area contributed by atoms with Gasteiger partial charge >= 0.3 is 0 Å². The van der Waals surface area contributed by atoms with Crippen molar-refractivity contribution in [1.82, 2.24) is 4.57 Å². The highest BCUT2D eigenvalue weighted by Gasteiger charge is 2.13. The lowest BCUT2D eigenvalue weighted by Gasteiger charge is -2.11. The molecule has 0 aliphatic carbocycles. The van der Waals surface area contributed by atoms with Crippen molar-refractivity contribution in [3.63, 3.8) is 0 Å². The van der Waals surface area contributed by atoms with E-state index in [1.54, 1.807) is 0 Å². The molecular weight excluding hydrogens is 416 g/mol. The van der Waals surface area contributed by atoms with Crippen LogP contribution >= 0.6 is 0 Å². The minimum absolute atomic E-state index is 0.701. The van der Waals surface area contributed by atoms with Gasteiger partial charge in [0.25, 0.3) is 0 Å². The van der Waals surface area contributed by atoms with Crippen molar-refractivity contribution in [3.05, 3.63) is 109 Å². The lowest BCUT2D eigenvalue weighted by Crippen LogP contribution is -1.95. The number of nitrogens with two attached hydrogens (primary N) is 3. The van der Waals surface area contributed by atoms with Crippen molar-refractivity contribution in [2.75, 3.05) is 17.2 Å². The third kappa shape index (κ3) is 3.24. The normalized spacial score (nSPS) is 11.3. The fraction of sp³-hybridized carbons (Fsp3) is 0. The van der Waals surface area contributed by atoms with E-state index < -0.39 is 0 Å².